The number of aliphatic hydroxyl groups excluding tert-OH is 2. The van der Waals surface area contributed by atoms with Crippen LogP contribution in [-0.4, -0.2) is 16.3 Å². The predicted octanol–water partition coefficient (Wildman–Crippen LogP) is 0.866. The van der Waals surface area contributed by atoms with Gasteiger partial charge in [-0.2, -0.15) is 10.5 Å². The molecule has 1 rings (SSSR count). The fourth-order valence-electron chi connectivity index (χ4n) is 1.27. The molecule has 1 aromatic carbocycles. The van der Waals surface area contributed by atoms with Crippen LogP contribution < -0.4 is 0 Å². The minimum absolute atomic E-state index is 0.166. The lowest BCUT2D eigenvalue weighted by molar-refractivity contribution is 0.0215. The molecule has 4 heteroatoms. The Morgan fingerprint density at radius 2 is 1.87 bits per heavy atom. The highest BCUT2D eigenvalue weighted by atomic mass is 16.3. The fraction of sp³-hybridized carbons (Fsp3) is 0.273. The molecule has 0 saturated carbocycles. The van der Waals surface area contributed by atoms with Crippen LogP contribution in [0.3, 0.4) is 0 Å². The largest absolute Gasteiger partial charge is 0.389 e. The van der Waals surface area contributed by atoms with Gasteiger partial charge < -0.3 is 10.2 Å². The van der Waals surface area contributed by atoms with E-state index in [1.54, 1.807) is 30.3 Å². The lowest BCUT2D eigenvalue weighted by Gasteiger charge is -2.16. The quantitative estimate of drug-likeness (QED) is 0.761. The summed E-state index contributed by atoms with van der Waals surface area (Å²) in [6, 6.07) is 10.1. The maximum atomic E-state index is 9.68. The Morgan fingerprint density at radius 3 is 2.47 bits per heavy atom. The minimum atomic E-state index is -1.19. The summed E-state index contributed by atoms with van der Waals surface area (Å²) in [5, 5.41) is 36.2. The zero-order valence-corrected chi connectivity index (χ0v) is 7.96. The molecular weight excluding hydrogens is 192 g/mol. The van der Waals surface area contributed by atoms with Gasteiger partial charge in [-0.25, -0.2) is 0 Å². The summed E-state index contributed by atoms with van der Waals surface area (Å²) in [7, 11) is 0. The molecule has 2 N–H and O–H groups in total. The molecule has 0 spiro atoms. The van der Waals surface area contributed by atoms with Crippen molar-refractivity contribution in [2.75, 3.05) is 0 Å². The molecule has 0 radical (unpaired) electrons. The highest BCUT2D eigenvalue weighted by Crippen LogP contribution is 2.21. The van der Waals surface area contributed by atoms with Crippen LogP contribution in [0.1, 0.15) is 23.7 Å². The first-order valence-corrected chi connectivity index (χ1v) is 4.42. The number of nitriles is 2. The van der Waals surface area contributed by atoms with Crippen molar-refractivity contribution in [1.29, 1.82) is 10.5 Å². The number of hydrogen-bond acceptors (Lipinski definition) is 4. The van der Waals surface area contributed by atoms with Crippen molar-refractivity contribution < 1.29 is 10.2 Å². The number of hydrogen-bond donors (Lipinski definition) is 2. The third kappa shape index (κ3) is 2.54. The van der Waals surface area contributed by atoms with Crippen molar-refractivity contribution in [3.63, 3.8) is 0 Å². The van der Waals surface area contributed by atoms with Gasteiger partial charge in [-0.3, -0.25) is 0 Å². The second kappa shape index (κ2) is 5.11. The summed E-state index contributed by atoms with van der Waals surface area (Å²) in [4.78, 5) is 0. The van der Waals surface area contributed by atoms with Crippen LogP contribution in [0.2, 0.25) is 0 Å². The molecule has 2 atom stereocenters. The van der Waals surface area contributed by atoms with Gasteiger partial charge in [0.05, 0.1) is 30.2 Å². The minimum Gasteiger partial charge on any atom is -0.389 e. The molecule has 0 heterocycles. The van der Waals surface area contributed by atoms with Crippen LogP contribution in [0.5, 0.6) is 0 Å². The van der Waals surface area contributed by atoms with Gasteiger partial charge in [-0.05, 0) is 6.07 Å². The van der Waals surface area contributed by atoms with Gasteiger partial charge in [0.1, 0.15) is 6.10 Å². The van der Waals surface area contributed by atoms with Crippen LogP contribution in [0.15, 0.2) is 24.3 Å². The first kappa shape index (κ1) is 11.2. The highest BCUT2D eigenvalue weighted by Gasteiger charge is 2.20. The number of nitrogens with zero attached hydrogens (tertiary/aromatic N) is 2. The van der Waals surface area contributed by atoms with Crippen LogP contribution in [0.25, 0.3) is 0 Å². The Balaban J connectivity index is 2.97. The van der Waals surface area contributed by atoms with E-state index in [9.17, 15) is 10.2 Å². The van der Waals surface area contributed by atoms with Crippen LogP contribution in [0.4, 0.5) is 0 Å². The lowest BCUT2D eigenvalue weighted by atomic mass is 9.98. The lowest BCUT2D eigenvalue weighted by Crippen LogP contribution is -2.18. The Hall–Kier alpha value is -1.88. The summed E-state index contributed by atoms with van der Waals surface area (Å²) in [5.74, 6) is 0. The van der Waals surface area contributed by atoms with Crippen molar-refractivity contribution in [2.24, 2.45) is 0 Å². The molecule has 0 saturated heterocycles. The smallest absolute Gasteiger partial charge is 0.107 e. The van der Waals surface area contributed by atoms with Crippen LogP contribution in [-0.2, 0) is 0 Å². The van der Waals surface area contributed by atoms with E-state index in [1.807, 2.05) is 6.07 Å². The van der Waals surface area contributed by atoms with E-state index in [0.717, 1.165) is 0 Å². The van der Waals surface area contributed by atoms with Crippen molar-refractivity contribution in [3.8, 4) is 12.1 Å². The SMILES string of the molecule is N#CCC(O)C(O)c1ccccc1C#N. The van der Waals surface area contributed by atoms with Crippen LogP contribution >= 0.6 is 0 Å². The second-order valence-electron chi connectivity index (χ2n) is 3.07. The third-order valence-electron chi connectivity index (χ3n) is 2.06. The zero-order valence-electron chi connectivity index (χ0n) is 7.96. The molecule has 0 bridgehead atoms. The molecule has 15 heavy (non-hydrogen) atoms. The summed E-state index contributed by atoms with van der Waals surface area (Å²) < 4.78 is 0. The Kier molecular flexibility index (Phi) is 3.82. The summed E-state index contributed by atoms with van der Waals surface area (Å²) in [5.41, 5.74) is 0.657. The fourth-order valence-corrected chi connectivity index (χ4v) is 1.27. The van der Waals surface area contributed by atoms with Crippen molar-refractivity contribution >= 4 is 0 Å². The van der Waals surface area contributed by atoms with Crippen molar-refractivity contribution in [1.82, 2.24) is 0 Å². The Morgan fingerprint density at radius 1 is 1.20 bits per heavy atom. The van der Waals surface area contributed by atoms with E-state index < -0.39 is 12.2 Å². The summed E-state index contributed by atoms with van der Waals surface area (Å²) in [6.45, 7) is 0. The number of benzene rings is 1. The first-order valence-electron chi connectivity index (χ1n) is 4.42. The van der Waals surface area contributed by atoms with Gasteiger partial charge in [0.25, 0.3) is 0 Å². The Bertz CT molecular complexity index is 417. The molecule has 1 aromatic rings. The van der Waals surface area contributed by atoms with E-state index in [4.69, 9.17) is 10.5 Å². The van der Waals surface area contributed by atoms with Gasteiger partial charge in [0, 0.05) is 5.56 Å². The highest BCUT2D eigenvalue weighted by molar-refractivity contribution is 5.39. The zero-order chi connectivity index (χ0) is 11.3. The molecule has 4 nitrogen and oxygen atoms in total. The van der Waals surface area contributed by atoms with Gasteiger partial charge in [-0.1, -0.05) is 18.2 Å². The maximum absolute atomic E-state index is 9.68. The Labute approximate surface area is 87.6 Å². The molecule has 0 aromatic heterocycles. The summed E-state index contributed by atoms with van der Waals surface area (Å²) >= 11 is 0. The monoisotopic (exact) mass is 202 g/mol. The molecule has 0 aliphatic heterocycles. The maximum Gasteiger partial charge on any atom is 0.107 e. The van der Waals surface area contributed by atoms with Gasteiger partial charge >= 0.3 is 0 Å². The normalized spacial score (nSPS) is 13.6. The third-order valence-corrected chi connectivity index (χ3v) is 2.06. The van der Waals surface area contributed by atoms with E-state index in [1.165, 1.54) is 0 Å². The average molecular weight is 202 g/mol. The van der Waals surface area contributed by atoms with Crippen molar-refractivity contribution in [3.05, 3.63) is 35.4 Å². The van der Waals surface area contributed by atoms with E-state index in [0.29, 0.717) is 11.1 Å². The molecule has 0 amide bonds. The van der Waals surface area contributed by atoms with E-state index in [-0.39, 0.29) is 6.42 Å². The molecular formula is C11H10N2O2. The van der Waals surface area contributed by atoms with Gasteiger partial charge in [0.2, 0.25) is 0 Å². The van der Waals surface area contributed by atoms with E-state index >= 15 is 0 Å². The summed E-state index contributed by atoms with van der Waals surface area (Å²) in [6.07, 6.45) is -2.52. The van der Waals surface area contributed by atoms with Gasteiger partial charge in [-0.15, -0.1) is 0 Å². The first-order chi connectivity index (χ1) is 7.20. The molecule has 0 aliphatic carbocycles. The number of aliphatic hydroxyl groups is 2. The molecule has 0 fully saturated rings. The van der Waals surface area contributed by atoms with E-state index in [2.05, 4.69) is 0 Å². The standard InChI is InChI=1S/C11H10N2O2/c12-6-5-10(14)11(15)9-4-2-1-3-8(9)7-13/h1-4,10-11,14-15H,5H2. The molecule has 76 valence electrons. The van der Waals surface area contributed by atoms with Gasteiger partial charge in [0.15, 0.2) is 0 Å². The second-order valence-corrected chi connectivity index (χ2v) is 3.07. The number of rotatable bonds is 3. The van der Waals surface area contributed by atoms with Crippen LogP contribution in [0, 0.1) is 22.7 Å². The molecule has 2 unspecified atom stereocenters. The topological polar surface area (TPSA) is 88.0 Å². The average Bonchev–Trinajstić information content (AvgIpc) is 2.28. The predicted molar refractivity (Wildman–Crippen MR) is 52.4 cm³/mol. The molecule has 0 aliphatic rings. The van der Waals surface area contributed by atoms with Crippen molar-refractivity contribution in [2.45, 2.75) is 18.6 Å².